The number of carboxylic acids is 1. The van der Waals surface area contributed by atoms with Crippen molar-refractivity contribution in [3.8, 4) is 0 Å². The number of aliphatic carboxylic acids is 1. The molecule has 0 amide bonds. The number of carboxylic acid groups (broad SMARTS) is 1. The molecule has 0 aliphatic rings. The summed E-state index contributed by atoms with van der Waals surface area (Å²) in [5.41, 5.74) is 0.525. The van der Waals surface area contributed by atoms with Crippen LogP contribution < -0.4 is 5.32 Å². The third-order valence-electron chi connectivity index (χ3n) is 6.59. The lowest BCUT2D eigenvalue weighted by molar-refractivity contribution is -0.165. The van der Waals surface area contributed by atoms with E-state index in [9.17, 15) is 27.5 Å². The van der Waals surface area contributed by atoms with Gasteiger partial charge in [-0.2, -0.15) is 13.2 Å². The van der Waals surface area contributed by atoms with Crippen LogP contribution in [0.15, 0.2) is 115 Å². The molecule has 4 aromatic rings. The number of alkyl halides is 3. The molecule has 2 N–H and O–H groups in total. The van der Waals surface area contributed by atoms with Crippen LogP contribution in [0.1, 0.15) is 34.7 Å². The van der Waals surface area contributed by atoms with Crippen molar-refractivity contribution in [1.82, 2.24) is 5.32 Å². The first kappa shape index (κ1) is 27.4. The summed E-state index contributed by atoms with van der Waals surface area (Å²) in [6.45, 7) is 0. The quantitative estimate of drug-likeness (QED) is 0.0916. The lowest BCUT2D eigenvalue weighted by atomic mass is 9.65. The molecule has 38 heavy (non-hydrogen) atoms. The standard InChI is InChI=1S/C30H25F4NO2S/c31-25-18-16-21(17-19-25)26(30(32,33)34)35-29(38,27(36)37)20-28(22-10-4-1-5-11-22,23-12-6-2-7-13-23)24-14-8-3-9-15-24/h1-19,26,35,38H,20H2,(H,36,37)/t26-,29+/m0/s1. The number of thiol groups is 1. The van der Waals surface area contributed by atoms with E-state index in [1.54, 1.807) is 36.4 Å². The number of hydrogen-bond acceptors (Lipinski definition) is 3. The van der Waals surface area contributed by atoms with Crippen molar-refractivity contribution in [3.05, 3.63) is 143 Å². The second kappa shape index (κ2) is 11.0. The van der Waals surface area contributed by atoms with Gasteiger partial charge in [-0.3, -0.25) is 5.32 Å². The molecule has 0 radical (unpaired) electrons. The van der Waals surface area contributed by atoms with Crippen molar-refractivity contribution in [2.24, 2.45) is 0 Å². The van der Waals surface area contributed by atoms with Gasteiger partial charge in [0.1, 0.15) is 11.9 Å². The predicted molar refractivity (Wildman–Crippen MR) is 142 cm³/mol. The van der Waals surface area contributed by atoms with Crippen LogP contribution in [0.3, 0.4) is 0 Å². The summed E-state index contributed by atoms with van der Waals surface area (Å²) < 4.78 is 56.4. The molecule has 0 aliphatic heterocycles. The molecule has 2 atom stereocenters. The van der Waals surface area contributed by atoms with E-state index in [1.807, 2.05) is 54.6 Å². The first-order chi connectivity index (χ1) is 18.1. The molecular weight excluding hydrogens is 514 g/mol. The van der Waals surface area contributed by atoms with Crippen molar-refractivity contribution in [1.29, 1.82) is 0 Å². The fourth-order valence-electron chi connectivity index (χ4n) is 4.79. The molecule has 0 heterocycles. The molecule has 0 unspecified atom stereocenters. The van der Waals surface area contributed by atoms with Crippen LogP contribution in [-0.2, 0) is 10.2 Å². The van der Waals surface area contributed by atoms with E-state index < -0.39 is 34.3 Å². The van der Waals surface area contributed by atoms with Crippen LogP contribution in [0, 0.1) is 5.82 Å². The van der Waals surface area contributed by atoms with Crippen molar-refractivity contribution < 1.29 is 27.5 Å². The van der Waals surface area contributed by atoms with Crippen LogP contribution in [0.25, 0.3) is 0 Å². The second-order valence-corrected chi connectivity index (χ2v) is 9.78. The van der Waals surface area contributed by atoms with Crippen LogP contribution in [0.2, 0.25) is 0 Å². The maximum absolute atomic E-state index is 14.3. The van der Waals surface area contributed by atoms with E-state index >= 15 is 0 Å². The third-order valence-corrected chi connectivity index (χ3v) is 7.07. The van der Waals surface area contributed by atoms with Crippen LogP contribution in [-0.4, -0.2) is 22.1 Å². The fraction of sp³-hybridized carbons (Fsp3) is 0.167. The summed E-state index contributed by atoms with van der Waals surface area (Å²) in [5.74, 6) is -2.29. The van der Waals surface area contributed by atoms with Crippen LogP contribution in [0.5, 0.6) is 0 Å². The average Bonchev–Trinajstić information content (AvgIpc) is 2.92. The Balaban J connectivity index is 1.93. The average molecular weight is 540 g/mol. The minimum absolute atomic E-state index is 0.330. The highest BCUT2D eigenvalue weighted by atomic mass is 32.1. The number of carbonyl (C=O) groups is 1. The molecule has 196 valence electrons. The molecule has 0 bridgehead atoms. The molecule has 0 spiro atoms. The topological polar surface area (TPSA) is 49.3 Å². The molecule has 0 saturated heterocycles. The zero-order chi connectivity index (χ0) is 27.4. The van der Waals surface area contributed by atoms with Gasteiger partial charge in [0.15, 0.2) is 4.87 Å². The number of nitrogens with one attached hydrogen (secondary N) is 1. The highest BCUT2D eigenvalue weighted by molar-refractivity contribution is 7.82. The Morgan fingerprint density at radius 1 is 0.737 bits per heavy atom. The van der Waals surface area contributed by atoms with Gasteiger partial charge < -0.3 is 5.11 Å². The molecule has 0 fully saturated rings. The van der Waals surface area contributed by atoms with E-state index in [0.717, 1.165) is 24.3 Å². The van der Waals surface area contributed by atoms with E-state index in [0.29, 0.717) is 16.7 Å². The van der Waals surface area contributed by atoms with Crippen molar-refractivity contribution in [2.45, 2.75) is 28.9 Å². The Bertz CT molecular complexity index is 1250. The van der Waals surface area contributed by atoms with Gasteiger partial charge in [-0.05, 0) is 34.4 Å². The second-order valence-electron chi connectivity index (χ2n) is 9.02. The smallest absolute Gasteiger partial charge is 0.407 e. The maximum Gasteiger partial charge on any atom is 0.407 e. The summed E-state index contributed by atoms with van der Waals surface area (Å²) >= 11 is 4.41. The highest BCUT2D eigenvalue weighted by Crippen LogP contribution is 2.47. The van der Waals surface area contributed by atoms with Crippen molar-refractivity contribution in [2.75, 3.05) is 0 Å². The minimum atomic E-state index is -4.89. The van der Waals surface area contributed by atoms with E-state index in [-0.39, 0.29) is 12.0 Å². The van der Waals surface area contributed by atoms with Gasteiger partial charge in [-0.15, -0.1) is 12.6 Å². The zero-order valence-corrected chi connectivity index (χ0v) is 21.0. The lowest BCUT2D eigenvalue weighted by Crippen LogP contribution is -2.56. The molecule has 8 heteroatoms. The summed E-state index contributed by atoms with van der Waals surface area (Å²) in [5, 5.41) is 12.7. The van der Waals surface area contributed by atoms with Crippen LogP contribution >= 0.6 is 12.6 Å². The van der Waals surface area contributed by atoms with Crippen molar-refractivity contribution in [3.63, 3.8) is 0 Å². The molecule has 4 aromatic carbocycles. The van der Waals surface area contributed by atoms with Crippen LogP contribution in [0.4, 0.5) is 17.6 Å². The summed E-state index contributed by atoms with van der Waals surface area (Å²) in [7, 11) is 0. The van der Waals surface area contributed by atoms with E-state index in [2.05, 4.69) is 17.9 Å². The number of rotatable bonds is 9. The Hall–Kier alpha value is -3.62. The number of halogens is 4. The summed E-state index contributed by atoms with van der Waals surface area (Å²) in [6.07, 6.45) is -5.28. The predicted octanol–water partition coefficient (Wildman–Crippen LogP) is 7.15. The third kappa shape index (κ3) is 5.61. The first-order valence-corrected chi connectivity index (χ1v) is 12.2. The van der Waals surface area contributed by atoms with Crippen molar-refractivity contribution >= 4 is 18.6 Å². The first-order valence-electron chi connectivity index (χ1n) is 11.8. The lowest BCUT2D eigenvalue weighted by Gasteiger charge is -2.42. The Kier molecular flexibility index (Phi) is 7.94. The highest BCUT2D eigenvalue weighted by Gasteiger charge is 2.52. The Morgan fingerprint density at radius 3 is 1.47 bits per heavy atom. The van der Waals surface area contributed by atoms with Gasteiger partial charge in [0.05, 0.1) is 0 Å². The Morgan fingerprint density at radius 2 is 1.13 bits per heavy atom. The van der Waals surface area contributed by atoms with Gasteiger partial charge >= 0.3 is 12.1 Å². The van der Waals surface area contributed by atoms with Gasteiger partial charge in [0.25, 0.3) is 0 Å². The van der Waals surface area contributed by atoms with E-state index in [4.69, 9.17) is 0 Å². The fourth-order valence-corrected chi connectivity index (χ4v) is 5.16. The molecule has 3 nitrogen and oxygen atoms in total. The molecule has 0 saturated carbocycles. The maximum atomic E-state index is 14.3. The minimum Gasteiger partial charge on any atom is -0.479 e. The molecule has 4 rings (SSSR count). The van der Waals surface area contributed by atoms with Gasteiger partial charge in [0, 0.05) is 11.8 Å². The molecule has 0 aliphatic carbocycles. The monoisotopic (exact) mass is 539 g/mol. The summed E-state index contributed by atoms with van der Waals surface area (Å²) in [6, 6.07) is 28.4. The number of benzene rings is 4. The normalized spacial score (nSPS) is 14.4. The van der Waals surface area contributed by atoms with Gasteiger partial charge in [-0.1, -0.05) is 103 Å². The van der Waals surface area contributed by atoms with E-state index in [1.165, 1.54) is 0 Å². The van der Waals surface area contributed by atoms with Gasteiger partial charge in [0.2, 0.25) is 0 Å². The SMILES string of the molecule is O=C(O)[C@](S)(CC(c1ccccc1)(c1ccccc1)c1ccccc1)N[C@@H](c1ccc(F)cc1)C(F)(F)F. The number of hydrogen-bond donors (Lipinski definition) is 3. The zero-order valence-electron chi connectivity index (χ0n) is 20.1. The summed E-state index contributed by atoms with van der Waals surface area (Å²) in [4.78, 5) is 10.4. The molecule has 0 aromatic heterocycles. The largest absolute Gasteiger partial charge is 0.479 e. The Labute approximate surface area is 223 Å². The van der Waals surface area contributed by atoms with Gasteiger partial charge in [-0.25, -0.2) is 9.18 Å². The molecular formula is C30H25F4NO2S.